The van der Waals surface area contributed by atoms with Gasteiger partial charge < -0.3 is 9.15 Å². The van der Waals surface area contributed by atoms with Gasteiger partial charge in [0, 0.05) is 41.2 Å². The van der Waals surface area contributed by atoms with E-state index in [1.165, 1.54) is 0 Å². The molecule has 0 aliphatic rings. The monoisotopic (exact) mass is 388 g/mol. The molecule has 0 atom stereocenters. The maximum absolute atomic E-state index is 5.93. The van der Waals surface area contributed by atoms with Crippen LogP contribution in [0, 0.1) is 0 Å². The van der Waals surface area contributed by atoms with Gasteiger partial charge in [0.05, 0.1) is 19.0 Å². The molecule has 0 aliphatic carbocycles. The Morgan fingerprint density at radius 2 is 1.82 bits per heavy atom. The van der Waals surface area contributed by atoms with Gasteiger partial charge in [-0.3, -0.25) is 0 Å². The minimum absolute atomic E-state index is 0.588. The molecule has 0 bridgehead atoms. The molecule has 0 saturated heterocycles. The summed E-state index contributed by atoms with van der Waals surface area (Å²) in [5, 5.41) is 0. The predicted octanol–water partition coefficient (Wildman–Crippen LogP) is 4.72. The minimum Gasteiger partial charge on any atom is -0.497 e. The van der Waals surface area contributed by atoms with Gasteiger partial charge in [-0.15, -0.1) is 0 Å². The van der Waals surface area contributed by atoms with E-state index in [1.54, 1.807) is 13.3 Å². The molecule has 0 amide bonds. The van der Waals surface area contributed by atoms with E-state index in [1.807, 2.05) is 67.0 Å². The summed E-state index contributed by atoms with van der Waals surface area (Å²) in [6.07, 6.45) is 5.75. The fourth-order valence-corrected chi connectivity index (χ4v) is 3.04. The molecule has 4 rings (SSSR count). The molecule has 0 N–H and O–H groups in total. The summed E-state index contributed by atoms with van der Waals surface area (Å²) in [4.78, 5) is 4.41. The van der Waals surface area contributed by atoms with Crippen LogP contribution in [0.2, 0.25) is 0 Å². The number of rotatable bonds is 6. The zero-order valence-electron chi connectivity index (χ0n) is 15.3. The van der Waals surface area contributed by atoms with Gasteiger partial charge in [-0.25, -0.2) is 9.55 Å². The number of methoxy groups -OCH3 is 1. The van der Waals surface area contributed by atoms with Crippen LogP contribution in [0.3, 0.4) is 0 Å². The van der Waals surface area contributed by atoms with Crippen molar-refractivity contribution < 1.29 is 13.7 Å². The van der Waals surface area contributed by atoms with Gasteiger partial charge in [0.15, 0.2) is 24.7 Å². The molecule has 2 aromatic heterocycles. The van der Waals surface area contributed by atoms with Gasteiger partial charge >= 0.3 is 0 Å². The smallest absolute Gasteiger partial charge is 0.227 e. The molecule has 0 spiro atoms. The van der Waals surface area contributed by atoms with Crippen molar-refractivity contribution in [3.05, 3.63) is 84.8 Å². The van der Waals surface area contributed by atoms with E-state index in [4.69, 9.17) is 21.6 Å². The van der Waals surface area contributed by atoms with Gasteiger partial charge in [0.2, 0.25) is 5.89 Å². The fraction of sp³-hybridized carbons (Fsp3) is 0.0909. The van der Waals surface area contributed by atoms with E-state index in [0.29, 0.717) is 5.89 Å². The van der Waals surface area contributed by atoms with Crippen LogP contribution in [0.5, 0.6) is 5.75 Å². The molecule has 0 unspecified atom stereocenters. The fourth-order valence-electron chi connectivity index (χ4n) is 2.92. The standard InChI is InChI=1S/C22H18N3O2S/c1-26-20-7-5-17(6-8-20)21-14-23-22(27-21)18-9-11-25(12-10-18)15-16-3-2-4-19(13-16)24-28/h2-14H,15H2,1H3/q+1. The number of hydrogen-bond acceptors (Lipinski definition) is 5. The van der Waals surface area contributed by atoms with Crippen molar-refractivity contribution in [1.82, 2.24) is 4.98 Å². The largest absolute Gasteiger partial charge is 0.497 e. The summed E-state index contributed by atoms with van der Waals surface area (Å²) < 4.78 is 17.0. The number of aromatic nitrogens is 2. The van der Waals surface area contributed by atoms with Crippen LogP contribution in [0.4, 0.5) is 5.69 Å². The summed E-state index contributed by atoms with van der Waals surface area (Å²) in [6, 6.07) is 19.6. The van der Waals surface area contributed by atoms with Gasteiger partial charge in [0.1, 0.15) is 5.75 Å². The van der Waals surface area contributed by atoms with Gasteiger partial charge in [-0.05, 0) is 36.4 Å². The molecule has 0 saturated carbocycles. The zero-order chi connectivity index (χ0) is 19.3. The Balaban J connectivity index is 1.50. The first-order valence-corrected chi connectivity index (χ1v) is 9.14. The molecule has 2 aromatic carbocycles. The molecule has 2 heterocycles. The minimum atomic E-state index is 0.588. The number of oxazole rings is 1. The van der Waals surface area contributed by atoms with Crippen LogP contribution in [0.25, 0.3) is 22.8 Å². The van der Waals surface area contributed by atoms with Crippen molar-refractivity contribution in [2.24, 2.45) is 4.36 Å². The number of pyridine rings is 1. The Labute approximate surface area is 168 Å². The lowest BCUT2D eigenvalue weighted by Crippen LogP contribution is -2.32. The van der Waals surface area contributed by atoms with E-state index in [0.717, 1.165) is 40.4 Å². The Bertz CT molecular complexity index is 1090. The number of benzene rings is 2. The summed E-state index contributed by atoms with van der Waals surface area (Å²) >= 11 is 4.76. The van der Waals surface area contributed by atoms with Gasteiger partial charge in [-0.2, -0.15) is 4.36 Å². The van der Waals surface area contributed by atoms with Crippen molar-refractivity contribution in [1.29, 1.82) is 0 Å². The molecule has 138 valence electrons. The maximum Gasteiger partial charge on any atom is 0.227 e. The highest BCUT2D eigenvalue weighted by Crippen LogP contribution is 2.27. The number of ether oxygens (including phenoxy) is 1. The molecule has 0 radical (unpaired) electrons. The van der Waals surface area contributed by atoms with Crippen molar-refractivity contribution in [3.63, 3.8) is 0 Å². The second kappa shape index (κ2) is 8.10. The topological polar surface area (TPSA) is 51.5 Å². The van der Waals surface area contributed by atoms with E-state index in [-0.39, 0.29) is 0 Å². The highest BCUT2D eigenvalue weighted by Gasteiger charge is 2.11. The molecule has 5 nitrogen and oxygen atoms in total. The second-order valence-corrected chi connectivity index (χ2v) is 6.46. The van der Waals surface area contributed by atoms with Crippen molar-refractivity contribution in [3.8, 4) is 28.5 Å². The molecule has 4 aromatic rings. The summed E-state index contributed by atoms with van der Waals surface area (Å²) in [7, 11) is 1.65. The lowest BCUT2D eigenvalue weighted by Gasteiger charge is -2.01. The molecular formula is C22H18N3O2S+. The molecular weight excluding hydrogens is 370 g/mol. The average Bonchev–Trinajstić information content (AvgIpc) is 3.25. The Morgan fingerprint density at radius 1 is 1.04 bits per heavy atom. The van der Waals surface area contributed by atoms with Crippen LogP contribution >= 0.6 is 0 Å². The second-order valence-electron chi connectivity index (χ2n) is 6.28. The first-order chi connectivity index (χ1) is 13.7. The summed E-state index contributed by atoms with van der Waals surface area (Å²) in [6.45, 7) is 0.738. The molecule has 0 fully saturated rings. The van der Waals surface area contributed by atoms with E-state index >= 15 is 0 Å². The van der Waals surface area contributed by atoms with Crippen LogP contribution in [-0.2, 0) is 19.0 Å². The number of hydrogen-bond donors (Lipinski definition) is 0. The maximum atomic E-state index is 5.93. The lowest BCUT2D eigenvalue weighted by atomic mass is 10.2. The average molecular weight is 388 g/mol. The van der Waals surface area contributed by atoms with Crippen LogP contribution in [-0.4, -0.2) is 12.1 Å². The van der Waals surface area contributed by atoms with Crippen LogP contribution in [0.15, 0.2) is 88.0 Å². The Hall–Kier alpha value is -3.38. The van der Waals surface area contributed by atoms with Gasteiger partial charge in [-0.1, -0.05) is 12.1 Å². The van der Waals surface area contributed by atoms with E-state index in [9.17, 15) is 0 Å². The van der Waals surface area contributed by atoms with Crippen LogP contribution in [0.1, 0.15) is 5.56 Å². The number of nitrogens with zero attached hydrogens (tertiary/aromatic N) is 3. The lowest BCUT2D eigenvalue weighted by molar-refractivity contribution is -0.688. The zero-order valence-corrected chi connectivity index (χ0v) is 16.1. The highest BCUT2D eigenvalue weighted by molar-refractivity contribution is 7.47. The third-order valence-electron chi connectivity index (χ3n) is 4.40. The summed E-state index contributed by atoms with van der Waals surface area (Å²) in [5.41, 5.74) is 3.82. The Morgan fingerprint density at radius 3 is 2.54 bits per heavy atom. The summed E-state index contributed by atoms with van der Waals surface area (Å²) in [5.74, 6) is 2.12. The van der Waals surface area contributed by atoms with Crippen molar-refractivity contribution in [2.75, 3.05) is 7.11 Å². The highest BCUT2D eigenvalue weighted by atomic mass is 32.1. The van der Waals surface area contributed by atoms with Crippen molar-refractivity contribution in [2.45, 2.75) is 6.54 Å². The molecule has 28 heavy (non-hydrogen) atoms. The van der Waals surface area contributed by atoms with E-state index in [2.05, 4.69) is 20.0 Å². The quantitative estimate of drug-likeness (QED) is 0.449. The van der Waals surface area contributed by atoms with Gasteiger partial charge in [0.25, 0.3) is 0 Å². The van der Waals surface area contributed by atoms with Crippen LogP contribution < -0.4 is 9.30 Å². The normalized spacial score (nSPS) is 10.6. The molecule has 0 aliphatic heterocycles. The first-order valence-electron chi connectivity index (χ1n) is 8.77. The first kappa shape index (κ1) is 18.0. The third kappa shape index (κ3) is 3.97. The predicted molar refractivity (Wildman–Crippen MR) is 109 cm³/mol. The van der Waals surface area contributed by atoms with Crippen molar-refractivity contribution >= 4 is 18.1 Å². The SMILES string of the molecule is COc1ccc(-c2cnc(-c3cc[n+](Cc4cccc(N=S)c4)cc3)o2)cc1. The Kier molecular flexibility index (Phi) is 5.21. The van der Waals surface area contributed by atoms with E-state index < -0.39 is 0 Å². The molecule has 6 heteroatoms. The third-order valence-corrected chi connectivity index (χ3v) is 4.61.